The molecule has 2 N–H and O–H groups in total. The number of anilines is 1. The van der Waals surface area contributed by atoms with E-state index in [1.807, 2.05) is 17.9 Å². The Morgan fingerprint density at radius 2 is 2.24 bits per heavy atom. The van der Waals surface area contributed by atoms with Crippen molar-refractivity contribution in [1.29, 1.82) is 5.26 Å². The minimum atomic E-state index is -0.511. The van der Waals surface area contributed by atoms with Crippen LogP contribution in [0.15, 0.2) is 46.1 Å². The van der Waals surface area contributed by atoms with Gasteiger partial charge in [-0.25, -0.2) is 0 Å². The number of hydrogen-bond acceptors (Lipinski definition) is 6. The molecule has 1 aromatic carbocycles. The van der Waals surface area contributed by atoms with Crippen LogP contribution in [0.4, 0.5) is 5.82 Å². The van der Waals surface area contributed by atoms with E-state index < -0.39 is 6.04 Å². The highest BCUT2D eigenvalue weighted by atomic mass is 32.1. The lowest BCUT2D eigenvalue weighted by Crippen LogP contribution is -2.49. The summed E-state index contributed by atoms with van der Waals surface area (Å²) in [5.74, 6) is 0.587. The van der Waals surface area contributed by atoms with Gasteiger partial charge in [-0.2, -0.15) is 5.26 Å². The van der Waals surface area contributed by atoms with Gasteiger partial charge in [0.1, 0.15) is 5.76 Å². The second kappa shape index (κ2) is 8.86. The number of hydrogen-bond donors (Lipinski definition) is 2. The third-order valence-electron chi connectivity index (χ3n) is 4.58. The van der Waals surface area contributed by atoms with Crippen molar-refractivity contribution >= 4 is 29.1 Å². The van der Waals surface area contributed by atoms with Crippen LogP contribution in [0, 0.1) is 18.3 Å². The van der Waals surface area contributed by atoms with Gasteiger partial charge in [-0.1, -0.05) is 17.3 Å². The third kappa shape index (κ3) is 4.45. The summed E-state index contributed by atoms with van der Waals surface area (Å²) < 4.78 is 10.2. The van der Waals surface area contributed by atoms with Gasteiger partial charge in [-0.3, -0.25) is 4.79 Å². The molecule has 29 heavy (non-hydrogen) atoms. The van der Waals surface area contributed by atoms with Crippen molar-refractivity contribution < 1.29 is 14.1 Å². The van der Waals surface area contributed by atoms with Gasteiger partial charge in [-0.15, -0.1) is 0 Å². The van der Waals surface area contributed by atoms with Crippen LogP contribution >= 0.6 is 12.2 Å². The molecule has 0 radical (unpaired) electrons. The molecular weight excluding hydrogens is 390 g/mol. The molecule has 0 saturated carbocycles. The van der Waals surface area contributed by atoms with E-state index in [2.05, 4.69) is 21.9 Å². The molecule has 1 atom stereocenters. The number of amides is 1. The molecule has 2 aromatic rings. The fourth-order valence-electron chi connectivity index (χ4n) is 3.17. The molecule has 1 unspecified atom stereocenters. The average Bonchev–Trinajstić information content (AvgIpc) is 3.11. The Balaban J connectivity index is 2.03. The Labute approximate surface area is 174 Å². The summed E-state index contributed by atoms with van der Waals surface area (Å²) in [4.78, 5) is 15.0. The van der Waals surface area contributed by atoms with Crippen LogP contribution < -0.4 is 10.6 Å². The first kappa shape index (κ1) is 20.5. The first-order valence-electron chi connectivity index (χ1n) is 8.97. The predicted octanol–water partition coefficient (Wildman–Crippen LogP) is 2.65. The van der Waals surface area contributed by atoms with E-state index in [-0.39, 0.29) is 5.91 Å². The number of thiocarbonyl (C=S) groups is 1. The van der Waals surface area contributed by atoms with Crippen molar-refractivity contribution in [3.05, 3.63) is 58.5 Å². The SMILES string of the molecule is COCCN1C(=S)NC(c2cccc(C#N)c2)C(C(=O)Nc2cc(C)on2)=C1C. The lowest BCUT2D eigenvalue weighted by Gasteiger charge is -2.37. The number of carbonyl (C=O) groups excluding carboxylic acids is 1. The maximum atomic E-state index is 13.2. The van der Waals surface area contributed by atoms with Crippen molar-refractivity contribution in [3.63, 3.8) is 0 Å². The lowest BCUT2D eigenvalue weighted by atomic mass is 9.93. The van der Waals surface area contributed by atoms with Gasteiger partial charge in [0, 0.05) is 25.4 Å². The zero-order chi connectivity index (χ0) is 21.0. The number of nitrogens with zero attached hydrogens (tertiary/aromatic N) is 3. The van der Waals surface area contributed by atoms with Gasteiger partial charge in [0.15, 0.2) is 10.9 Å². The Morgan fingerprint density at radius 3 is 2.90 bits per heavy atom. The summed E-state index contributed by atoms with van der Waals surface area (Å²) in [6.07, 6.45) is 0. The molecule has 1 aromatic heterocycles. The number of benzene rings is 1. The lowest BCUT2D eigenvalue weighted by molar-refractivity contribution is -0.113. The standard InChI is InChI=1S/C20H21N5O3S/c1-12-9-16(24-28-12)22-19(26)17-13(2)25(7-8-27-3)20(29)23-18(17)15-6-4-5-14(10-15)11-21/h4-6,9-10,18H,7-8H2,1-3H3,(H,23,29)(H,22,24,26). The van der Waals surface area contributed by atoms with Crippen molar-refractivity contribution in [3.8, 4) is 6.07 Å². The Morgan fingerprint density at radius 1 is 1.45 bits per heavy atom. The quantitative estimate of drug-likeness (QED) is 0.700. The van der Waals surface area contributed by atoms with Crippen LogP contribution in [0.3, 0.4) is 0 Å². The first-order chi connectivity index (χ1) is 13.9. The average molecular weight is 411 g/mol. The summed E-state index contributed by atoms with van der Waals surface area (Å²) >= 11 is 5.53. The second-order valence-corrected chi connectivity index (χ2v) is 6.93. The van der Waals surface area contributed by atoms with E-state index in [0.717, 1.165) is 5.56 Å². The summed E-state index contributed by atoms with van der Waals surface area (Å²) in [7, 11) is 1.61. The summed E-state index contributed by atoms with van der Waals surface area (Å²) in [6.45, 7) is 4.54. The monoisotopic (exact) mass is 411 g/mol. The fraction of sp³-hybridized carbons (Fsp3) is 0.300. The summed E-state index contributed by atoms with van der Waals surface area (Å²) in [5.41, 5.74) is 2.45. The van der Waals surface area contributed by atoms with Crippen LogP contribution in [0.25, 0.3) is 0 Å². The molecule has 150 valence electrons. The minimum absolute atomic E-state index is 0.328. The Hall–Kier alpha value is -3.22. The van der Waals surface area contributed by atoms with Gasteiger partial charge < -0.3 is 24.8 Å². The third-order valence-corrected chi connectivity index (χ3v) is 4.92. The molecular formula is C20H21N5O3S. The molecule has 0 aliphatic carbocycles. The molecule has 1 aliphatic heterocycles. The molecule has 0 spiro atoms. The highest BCUT2D eigenvalue weighted by Crippen LogP contribution is 2.31. The van der Waals surface area contributed by atoms with E-state index in [9.17, 15) is 10.1 Å². The van der Waals surface area contributed by atoms with Gasteiger partial charge in [0.05, 0.1) is 29.9 Å². The van der Waals surface area contributed by atoms with E-state index in [0.29, 0.717) is 46.7 Å². The molecule has 3 rings (SSSR count). The maximum absolute atomic E-state index is 13.2. The van der Waals surface area contributed by atoms with Crippen LogP contribution in [-0.4, -0.2) is 41.3 Å². The highest BCUT2D eigenvalue weighted by molar-refractivity contribution is 7.80. The van der Waals surface area contributed by atoms with Gasteiger partial charge in [0.2, 0.25) is 0 Å². The van der Waals surface area contributed by atoms with Crippen LogP contribution in [0.2, 0.25) is 0 Å². The van der Waals surface area contributed by atoms with E-state index >= 15 is 0 Å². The molecule has 2 heterocycles. The van der Waals surface area contributed by atoms with E-state index in [1.165, 1.54) is 0 Å². The van der Waals surface area contributed by atoms with Crippen LogP contribution in [-0.2, 0) is 9.53 Å². The molecule has 9 heteroatoms. The second-order valence-electron chi connectivity index (χ2n) is 6.54. The number of nitriles is 1. The van der Waals surface area contributed by atoms with Crippen LogP contribution in [0.5, 0.6) is 0 Å². The molecule has 0 saturated heterocycles. The molecule has 8 nitrogen and oxygen atoms in total. The Bertz CT molecular complexity index is 1010. The zero-order valence-corrected chi connectivity index (χ0v) is 17.2. The smallest absolute Gasteiger partial charge is 0.257 e. The van der Waals surface area contributed by atoms with Crippen molar-refractivity contribution in [2.75, 3.05) is 25.6 Å². The predicted molar refractivity (Wildman–Crippen MR) is 111 cm³/mol. The highest BCUT2D eigenvalue weighted by Gasteiger charge is 2.34. The minimum Gasteiger partial charge on any atom is -0.383 e. The van der Waals surface area contributed by atoms with Crippen molar-refractivity contribution in [2.45, 2.75) is 19.9 Å². The fourth-order valence-corrected chi connectivity index (χ4v) is 3.52. The maximum Gasteiger partial charge on any atom is 0.257 e. The summed E-state index contributed by atoms with van der Waals surface area (Å²) in [5, 5.41) is 19.6. The molecule has 1 aliphatic rings. The topological polar surface area (TPSA) is 103 Å². The number of allylic oxidation sites excluding steroid dienone is 1. The van der Waals surface area contributed by atoms with E-state index in [4.69, 9.17) is 21.5 Å². The number of methoxy groups -OCH3 is 1. The van der Waals surface area contributed by atoms with Crippen molar-refractivity contribution in [1.82, 2.24) is 15.4 Å². The normalized spacial score (nSPS) is 16.4. The number of rotatable bonds is 6. The van der Waals surface area contributed by atoms with Gasteiger partial charge in [0.25, 0.3) is 5.91 Å². The van der Waals surface area contributed by atoms with Crippen LogP contribution in [0.1, 0.15) is 29.9 Å². The first-order valence-corrected chi connectivity index (χ1v) is 9.38. The number of ether oxygens (including phenoxy) is 1. The number of aryl methyl sites for hydroxylation is 1. The number of carbonyl (C=O) groups is 1. The van der Waals surface area contributed by atoms with Crippen molar-refractivity contribution in [2.24, 2.45) is 0 Å². The number of aromatic nitrogens is 1. The number of nitrogens with one attached hydrogen (secondary N) is 2. The Kier molecular flexibility index (Phi) is 6.26. The molecule has 1 amide bonds. The van der Waals surface area contributed by atoms with Gasteiger partial charge >= 0.3 is 0 Å². The summed E-state index contributed by atoms with van der Waals surface area (Å²) in [6, 6.07) is 10.3. The van der Waals surface area contributed by atoms with E-state index in [1.54, 1.807) is 38.3 Å². The largest absolute Gasteiger partial charge is 0.383 e. The van der Waals surface area contributed by atoms with Gasteiger partial charge in [-0.05, 0) is 43.8 Å². The zero-order valence-electron chi connectivity index (χ0n) is 16.4. The molecule has 0 fully saturated rings. The molecule has 0 bridgehead atoms.